The molecule has 26 heavy (non-hydrogen) atoms. The van der Waals surface area contributed by atoms with Gasteiger partial charge in [-0.3, -0.25) is 4.79 Å². The molecule has 1 fully saturated rings. The molecule has 0 aromatic carbocycles. The van der Waals surface area contributed by atoms with Crippen LogP contribution >= 0.6 is 23.7 Å². The lowest BCUT2D eigenvalue weighted by Crippen LogP contribution is -2.52. The van der Waals surface area contributed by atoms with E-state index >= 15 is 0 Å². The Morgan fingerprint density at radius 1 is 1.35 bits per heavy atom. The molecule has 3 heterocycles. The second kappa shape index (κ2) is 8.06. The van der Waals surface area contributed by atoms with Gasteiger partial charge in [0, 0.05) is 36.0 Å². The number of nitrogens with one attached hydrogen (secondary N) is 1. The van der Waals surface area contributed by atoms with Crippen molar-refractivity contribution in [2.75, 3.05) is 24.5 Å². The van der Waals surface area contributed by atoms with Gasteiger partial charge in [0.15, 0.2) is 0 Å². The van der Waals surface area contributed by atoms with Crippen molar-refractivity contribution in [2.24, 2.45) is 11.7 Å². The quantitative estimate of drug-likeness (QED) is 0.828. The van der Waals surface area contributed by atoms with Crippen LogP contribution in [0.25, 0.3) is 10.2 Å². The van der Waals surface area contributed by atoms with E-state index in [4.69, 9.17) is 5.73 Å². The van der Waals surface area contributed by atoms with Crippen LogP contribution in [0.4, 0.5) is 5.82 Å². The normalized spacial score (nSPS) is 15.8. The number of aromatic nitrogens is 2. The number of nitrogens with zero attached hydrogens (tertiary/aromatic N) is 3. The van der Waals surface area contributed by atoms with Gasteiger partial charge in [-0.2, -0.15) is 0 Å². The number of amides is 1. The summed E-state index contributed by atoms with van der Waals surface area (Å²) in [5, 5.41) is 4.23. The Morgan fingerprint density at radius 3 is 2.62 bits per heavy atom. The van der Waals surface area contributed by atoms with Crippen molar-refractivity contribution < 1.29 is 4.79 Å². The molecule has 0 spiro atoms. The predicted octanol–water partition coefficient (Wildman–Crippen LogP) is 2.80. The fraction of sp³-hybridized carbons (Fsp3) is 0.611. The fourth-order valence-corrected chi connectivity index (χ4v) is 4.24. The third-order valence-electron chi connectivity index (χ3n) is 5.08. The molecule has 1 aliphatic rings. The topological polar surface area (TPSA) is 84.1 Å². The van der Waals surface area contributed by atoms with Gasteiger partial charge in [-0.25, -0.2) is 9.97 Å². The second-order valence-corrected chi connectivity index (χ2v) is 8.70. The standard InChI is InChI=1S/C18H27N5OS.ClH/c1-11-12(2)25-17-14(11)15(20-10-21-17)23-7-5-13(6-8-23)16(24)22-18(3,4)9-19;/h10,13H,5-9,19H2,1-4H3,(H,22,24);1H. The van der Waals surface area contributed by atoms with Crippen LogP contribution in [0.3, 0.4) is 0 Å². The van der Waals surface area contributed by atoms with E-state index < -0.39 is 0 Å². The first-order chi connectivity index (χ1) is 11.8. The molecule has 0 bridgehead atoms. The van der Waals surface area contributed by atoms with E-state index in [1.807, 2.05) is 13.8 Å². The van der Waals surface area contributed by atoms with Crippen LogP contribution < -0.4 is 16.0 Å². The zero-order valence-corrected chi connectivity index (χ0v) is 17.5. The molecule has 2 aromatic heterocycles. The average molecular weight is 398 g/mol. The molecule has 2 aromatic rings. The minimum Gasteiger partial charge on any atom is -0.356 e. The molecule has 1 saturated heterocycles. The van der Waals surface area contributed by atoms with E-state index in [-0.39, 0.29) is 29.8 Å². The number of thiophene rings is 1. The van der Waals surface area contributed by atoms with Crippen molar-refractivity contribution in [2.45, 2.75) is 46.1 Å². The van der Waals surface area contributed by atoms with E-state index in [2.05, 4.69) is 34.0 Å². The highest BCUT2D eigenvalue weighted by atomic mass is 35.5. The summed E-state index contributed by atoms with van der Waals surface area (Å²) in [5.41, 5.74) is 6.63. The number of rotatable bonds is 4. The van der Waals surface area contributed by atoms with Crippen LogP contribution in [0.5, 0.6) is 0 Å². The highest BCUT2D eigenvalue weighted by Crippen LogP contribution is 2.35. The minimum absolute atomic E-state index is 0. The SMILES string of the molecule is Cc1sc2ncnc(N3CCC(C(=O)NC(C)(C)CN)CC3)c2c1C.Cl. The van der Waals surface area contributed by atoms with Gasteiger partial charge in [0.2, 0.25) is 5.91 Å². The number of halogens is 1. The maximum Gasteiger partial charge on any atom is 0.223 e. The number of carbonyl (C=O) groups excluding carboxylic acids is 1. The van der Waals surface area contributed by atoms with Gasteiger partial charge in [-0.1, -0.05) is 0 Å². The van der Waals surface area contributed by atoms with Gasteiger partial charge in [0.05, 0.1) is 5.39 Å². The summed E-state index contributed by atoms with van der Waals surface area (Å²) < 4.78 is 0. The minimum atomic E-state index is -0.349. The maximum absolute atomic E-state index is 12.5. The molecule has 0 saturated carbocycles. The van der Waals surface area contributed by atoms with Crippen LogP contribution in [0.2, 0.25) is 0 Å². The first-order valence-corrected chi connectivity index (χ1v) is 9.62. The van der Waals surface area contributed by atoms with Gasteiger partial charge in [0.25, 0.3) is 0 Å². The van der Waals surface area contributed by atoms with Crippen molar-refractivity contribution in [3.63, 3.8) is 0 Å². The summed E-state index contributed by atoms with van der Waals surface area (Å²) in [4.78, 5) is 26.1. The summed E-state index contributed by atoms with van der Waals surface area (Å²) in [6.45, 7) is 10.3. The zero-order valence-electron chi connectivity index (χ0n) is 15.8. The lowest BCUT2D eigenvalue weighted by Gasteiger charge is -2.34. The lowest BCUT2D eigenvalue weighted by molar-refractivity contribution is -0.127. The predicted molar refractivity (Wildman–Crippen MR) is 110 cm³/mol. The van der Waals surface area contributed by atoms with Gasteiger partial charge in [0.1, 0.15) is 17.0 Å². The molecule has 0 atom stereocenters. The van der Waals surface area contributed by atoms with Gasteiger partial charge < -0.3 is 16.0 Å². The highest BCUT2D eigenvalue weighted by Gasteiger charge is 2.29. The van der Waals surface area contributed by atoms with E-state index in [0.717, 1.165) is 42.0 Å². The Morgan fingerprint density at radius 2 is 2.00 bits per heavy atom. The second-order valence-electron chi connectivity index (χ2n) is 7.50. The summed E-state index contributed by atoms with van der Waals surface area (Å²) >= 11 is 1.72. The van der Waals surface area contributed by atoms with Gasteiger partial charge >= 0.3 is 0 Å². The molecule has 0 radical (unpaired) electrons. The van der Waals surface area contributed by atoms with Crippen molar-refractivity contribution >= 4 is 45.7 Å². The van der Waals surface area contributed by atoms with Gasteiger partial charge in [-0.15, -0.1) is 23.7 Å². The molecule has 8 heteroatoms. The summed E-state index contributed by atoms with van der Waals surface area (Å²) in [6, 6.07) is 0. The molecule has 3 N–H and O–H groups in total. The molecule has 1 aliphatic heterocycles. The van der Waals surface area contributed by atoms with Crippen molar-refractivity contribution in [3.05, 3.63) is 16.8 Å². The molecule has 144 valence electrons. The van der Waals surface area contributed by atoms with Crippen LogP contribution in [0.15, 0.2) is 6.33 Å². The highest BCUT2D eigenvalue weighted by molar-refractivity contribution is 7.18. The van der Waals surface area contributed by atoms with Crippen LogP contribution in [0, 0.1) is 19.8 Å². The third kappa shape index (κ3) is 4.10. The fourth-order valence-electron chi connectivity index (χ4n) is 3.24. The summed E-state index contributed by atoms with van der Waals surface area (Å²) in [7, 11) is 0. The van der Waals surface area contributed by atoms with E-state index in [9.17, 15) is 4.79 Å². The lowest BCUT2D eigenvalue weighted by atomic mass is 9.94. The van der Waals surface area contributed by atoms with Crippen molar-refractivity contribution in [1.82, 2.24) is 15.3 Å². The van der Waals surface area contributed by atoms with Gasteiger partial charge in [-0.05, 0) is 46.1 Å². The summed E-state index contributed by atoms with van der Waals surface area (Å²) in [5.74, 6) is 1.17. The average Bonchev–Trinajstić information content (AvgIpc) is 2.89. The first-order valence-electron chi connectivity index (χ1n) is 8.80. The smallest absolute Gasteiger partial charge is 0.223 e. The molecular formula is C18H28ClN5OS. The largest absolute Gasteiger partial charge is 0.356 e. The number of nitrogens with two attached hydrogens (primary N) is 1. The maximum atomic E-state index is 12.5. The molecule has 0 aliphatic carbocycles. The molecule has 1 amide bonds. The van der Waals surface area contributed by atoms with Crippen molar-refractivity contribution in [1.29, 1.82) is 0 Å². The Labute approximate surface area is 165 Å². The van der Waals surface area contributed by atoms with E-state index in [1.165, 1.54) is 10.4 Å². The number of fused-ring (bicyclic) bond motifs is 1. The zero-order chi connectivity index (χ0) is 18.2. The van der Waals surface area contributed by atoms with Crippen LogP contribution in [0.1, 0.15) is 37.1 Å². The number of hydrogen-bond donors (Lipinski definition) is 2. The number of hydrogen-bond acceptors (Lipinski definition) is 6. The monoisotopic (exact) mass is 397 g/mol. The number of anilines is 1. The Hall–Kier alpha value is -1.44. The van der Waals surface area contributed by atoms with Crippen LogP contribution in [-0.4, -0.2) is 41.0 Å². The Bertz CT molecular complexity index is 783. The molecule has 3 rings (SSSR count). The molecule has 6 nitrogen and oxygen atoms in total. The first kappa shape index (κ1) is 20.9. The number of piperidine rings is 1. The molecular weight excluding hydrogens is 370 g/mol. The number of aryl methyl sites for hydroxylation is 2. The summed E-state index contributed by atoms with van der Waals surface area (Å²) in [6.07, 6.45) is 3.32. The Kier molecular flexibility index (Phi) is 6.47. The van der Waals surface area contributed by atoms with E-state index in [1.54, 1.807) is 17.7 Å². The van der Waals surface area contributed by atoms with Crippen molar-refractivity contribution in [3.8, 4) is 0 Å². The van der Waals surface area contributed by atoms with Crippen LogP contribution in [-0.2, 0) is 4.79 Å². The Balaban J connectivity index is 0.00000243. The molecule has 0 unspecified atom stereocenters. The number of carbonyl (C=O) groups is 1. The third-order valence-corrected chi connectivity index (χ3v) is 6.20. The van der Waals surface area contributed by atoms with E-state index in [0.29, 0.717) is 6.54 Å².